The zero-order valence-corrected chi connectivity index (χ0v) is 17.3. The molecule has 1 aromatic heterocycles. The Morgan fingerprint density at radius 3 is 2.45 bits per heavy atom. The van der Waals surface area contributed by atoms with Crippen molar-refractivity contribution in [1.82, 2.24) is 15.6 Å². The molecule has 0 atom stereocenters. The summed E-state index contributed by atoms with van der Waals surface area (Å²) in [6.07, 6.45) is -2.70. The Kier molecular flexibility index (Phi) is 7.16. The fourth-order valence-electron chi connectivity index (χ4n) is 2.40. The highest BCUT2D eigenvalue weighted by atomic mass is 19.4. The average Bonchev–Trinajstić information content (AvgIpc) is 3.10. The van der Waals surface area contributed by atoms with E-state index in [-0.39, 0.29) is 17.7 Å². The lowest BCUT2D eigenvalue weighted by molar-refractivity contribution is -0.153. The maximum absolute atomic E-state index is 12.5. The Hall–Kier alpha value is -2.71. The molecule has 2 rings (SSSR count). The van der Waals surface area contributed by atoms with Crippen molar-refractivity contribution in [1.29, 1.82) is 0 Å². The SMILES string of the molecule is CN=C(NCc1ncc(C(C)(C)C)o1)NCc1ccc(C)cc1OCC(F)(F)F. The quantitative estimate of drug-likeness (QED) is 0.552. The molecular formula is C20H27F3N4O2. The van der Waals surface area contributed by atoms with Crippen molar-refractivity contribution in [3.05, 3.63) is 47.2 Å². The molecule has 6 nitrogen and oxygen atoms in total. The highest BCUT2D eigenvalue weighted by molar-refractivity contribution is 5.79. The number of aliphatic imine (C=N–C) groups is 1. The van der Waals surface area contributed by atoms with Crippen LogP contribution in [-0.2, 0) is 18.5 Å². The molecule has 0 aliphatic rings. The number of ether oxygens (including phenoxy) is 1. The summed E-state index contributed by atoms with van der Waals surface area (Å²) in [7, 11) is 1.60. The zero-order chi connectivity index (χ0) is 21.7. The van der Waals surface area contributed by atoms with Crippen molar-refractivity contribution in [2.45, 2.75) is 52.4 Å². The van der Waals surface area contributed by atoms with Crippen molar-refractivity contribution in [3.63, 3.8) is 0 Å². The van der Waals surface area contributed by atoms with Gasteiger partial charge in [-0.05, 0) is 18.6 Å². The molecule has 9 heteroatoms. The van der Waals surface area contributed by atoms with Crippen molar-refractivity contribution >= 4 is 5.96 Å². The van der Waals surface area contributed by atoms with Crippen LogP contribution in [-0.4, -0.2) is 30.8 Å². The van der Waals surface area contributed by atoms with Crippen LogP contribution in [0.15, 0.2) is 33.8 Å². The van der Waals surface area contributed by atoms with E-state index in [1.807, 2.05) is 26.8 Å². The standard InChI is InChI=1S/C20H27F3N4O2/c1-13-6-7-14(15(8-13)28-12-20(21,22)23)9-26-18(24-5)27-11-17-25-10-16(29-17)19(2,3)4/h6-8,10H,9,11-12H2,1-5H3,(H2,24,26,27). The van der Waals surface area contributed by atoms with Gasteiger partial charge in [0.25, 0.3) is 0 Å². The third kappa shape index (κ3) is 7.32. The summed E-state index contributed by atoms with van der Waals surface area (Å²) in [5.41, 5.74) is 1.27. The van der Waals surface area contributed by atoms with E-state index < -0.39 is 12.8 Å². The van der Waals surface area contributed by atoms with Gasteiger partial charge >= 0.3 is 6.18 Å². The molecule has 160 valence electrons. The van der Waals surface area contributed by atoms with E-state index in [2.05, 4.69) is 20.6 Å². The predicted molar refractivity (Wildman–Crippen MR) is 105 cm³/mol. The number of oxazole rings is 1. The smallest absolute Gasteiger partial charge is 0.422 e. The van der Waals surface area contributed by atoms with Crippen LogP contribution in [0.2, 0.25) is 0 Å². The van der Waals surface area contributed by atoms with E-state index in [1.165, 1.54) is 0 Å². The van der Waals surface area contributed by atoms with Crippen LogP contribution >= 0.6 is 0 Å². The number of nitrogens with zero attached hydrogens (tertiary/aromatic N) is 2. The number of alkyl halides is 3. The van der Waals surface area contributed by atoms with Gasteiger partial charge in [0.05, 0.1) is 12.7 Å². The molecular weight excluding hydrogens is 385 g/mol. The lowest BCUT2D eigenvalue weighted by Gasteiger charge is -2.16. The van der Waals surface area contributed by atoms with Gasteiger partial charge in [0.1, 0.15) is 11.5 Å². The largest absolute Gasteiger partial charge is 0.484 e. The maximum atomic E-state index is 12.5. The third-order valence-electron chi connectivity index (χ3n) is 3.98. The Balaban J connectivity index is 1.96. The summed E-state index contributed by atoms with van der Waals surface area (Å²) in [5, 5.41) is 6.13. The molecule has 0 amide bonds. The molecule has 0 bridgehead atoms. The van der Waals surface area contributed by atoms with E-state index in [1.54, 1.807) is 32.3 Å². The van der Waals surface area contributed by atoms with Gasteiger partial charge in [-0.1, -0.05) is 32.9 Å². The summed E-state index contributed by atoms with van der Waals surface area (Å²) in [6.45, 7) is 7.12. The van der Waals surface area contributed by atoms with Gasteiger partial charge in [-0.15, -0.1) is 0 Å². The summed E-state index contributed by atoms with van der Waals surface area (Å²) >= 11 is 0. The minimum atomic E-state index is -4.39. The molecule has 0 fully saturated rings. The second-order valence-electron chi connectivity index (χ2n) is 7.66. The fourth-order valence-corrected chi connectivity index (χ4v) is 2.40. The second kappa shape index (κ2) is 9.19. The summed E-state index contributed by atoms with van der Waals surface area (Å²) < 4.78 is 48.2. The first-order valence-corrected chi connectivity index (χ1v) is 9.17. The first kappa shape index (κ1) is 22.6. The summed E-state index contributed by atoms with van der Waals surface area (Å²) in [5.74, 6) is 1.95. The Morgan fingerprint density at radius 1 is 1.17 bits per heavy atom. The number of halogens is 3. The van der Waals surface area contributed by atoms with Gasteiger partial charge in [0.2, 0.25) is 5.89 Å². The molecule has 2 N–H and O–H groups in total. The molecule has 1 heterocycles. The number of aromatic nitrogens is 1. The van der Waals surface area contributed by atoms with Crippen LogP contribution in [0, 0.1) is 6.92 Å². The van der Waals surface area contributed by atoms with Crippen LogP contribution < -0.4 is 15.4 Å². The van der Waals surface area contributed by atoms with E-state index >= 15 is 0 Å². The van der Waals surface area contributed by atoms with Gasteiger partial charge in [0.15, 0.2) is 12.6 Å². The van der Waals surface area contributed by atoms with Crippen LogP contribution in [0.3, 0.4) is 0 Å². The van der Waals surface area contributed by atoms with E-state index in [4.69, 9.17) is 9.15 Å². The molecule has 0 spiro atoms. The number of hydrogen-bond acceptors (Lipinski definition) is 4. The number of guanidine groups is 1. The van der Waals surface area contributed by atoms with Crippen LogP contribution in [0.25, 0.3) is 0 Å². The van der Waals surface area contributed by atoms with E-state index in [9.17, 15) is 13.2 Å². The van der Waals surface area contributed by atoms with Crippen molar-refractivity contribution in [2.24, 2.45) is 4.99 Å². The highest BCUT2D eigenvalue weighted by Gasteiger charge is 2.28. The van der Waals surface area contributed by atoms with Gasteiger partial charge in [-0.3, -0.25) is 4.99 Å². The molecule has 0 unspecified atom stereocenters. The Labute approximate surface area is 168 Å². The molecule has 2 aromatic rings. The lowest BCUT2D eigenvalue weighted by Crippen LogP contribution is -2.36. The predicted octanol–water partition coefficient (Wildman–Crippen LogP) is 4.09. The summed E-state index contributed by atoms with van der Waals surface area (Å²) in [4.78, 5) is 8.35. The average molecular weight is 412 g/mol. The number of benzene rings is 1. The van der Waals surface area contributed by atoms with Crippen molar-refractivity contribution in [2.75, 3.05) is 13.7 Å². The minimum Gasteiger partial charge on any atom is -0.484 e. The maximum Gasteiger partial charge on any atom is 0.422 e. The van der Waals surface area contributed by atoms with Gasteiger partial charge in [0, 0.05) is 24.6 Å². The molecule has 1 aromatic carbocycles. The first-order chi connectivity index (χ1) is 13.5. The number of hydrogen-bond donors (Lipinski definition) is 2. The summed E-state index contributed by atoms with van der Waals surface area (Å²) in [6, 6.07) is 5.12. The van der Waals surface area contributed by atoms with Crippen LogP contribution in [0.4, 0.5) is 13.2 Å². The van der Waals surface area contributed by atoms with Gasteiger partial charge in [-0.2, -0.15) is 13.2 Å². The Bertz CT molecular complexity index is 839. The van der Waals surface area contributed by atoms with E-state index in [0.29, 0.717) is 24.0 Å². The fraction of sp³-hybridized carbons (Fsp3) is 0.500. The third-order valence-corrected chi connectivity index (χ3v) is 3.98. The van der Waals surface area contributed by atoms with Gasteiger partial charge < -0.3 is 19.8 Å². The van der Waals surface area contributed by atoms with Crippen molar-refractivity contribution in [3.8, 4) is 5.75 Å². The van der Waals surface area contributed by atoms with Crippen LogP contribution in [0.5, 0.6) is 5.75 Å². The monoisotopic (exact) mass is 412 g/mol. The molecule has 0 aliphatic heterocycles. The first-order valence-electron chi connectivity index (χ1n) is 9.17. The topological polar surface area (TPSA) is 71.7 Å². The molecule has 0 aliphatic carbocycles. The lowest BCUT2D eigenvalue weighted by atomic mass is 9.94. The second-order valence-corrected chi connectivity index (χ2v) is 7.66. The normalized spacial score (nSPS) is 12.8. The molecule has 0 radical (unpaired) electrons. The zero-order valence-electron chi connectivity index (χ0n) is 17.3. The number of nitrogens with one attached hydrogen (secondary N) is 2. The Morgan fingerprint density at radius 2 is 1.86 bits per heavy atom. The van der Waals surface area contributed by atoms with Crippen molar-refractivity contribution < 1.29 is 22.3 Å². The van der Waals surface area contributed by atoms with E-state index in [0.717, 1.165) is 11.3 Å². The minimum absolute atomic E-state index is 0.135. The molecule has 0 saturated carbocycles. The molecule has 0 saturated heterocycles. The number of rotatable bonds is 6. The highest BCUT2D eigenvalue weighted by Crippen LogP contribution is 2.24. The molecule has 29 heavy (non-hydrogen) atoms. The van der Waals surface area contributed by atoms with Crippen LogP contribution in [0.1, 0.15) is 43.5 Å². The number of aryl methyl sites for hydroxylation is 1. The van der Waals surface area contributed by atoms with Gasteiger partial charge in [-0.25, -0.2) is 4.98 Å².